The van der Waals surface area contributed by atoms with Crippen molar-refractivity contribution in [1.82, 2.24) is 4.98 Å². The maximum absolute atomic E-state index is 12.4. The van der Waals surface area contributed by atoms with Gasteiger partial charge in [-0.1, -0.05) is 26.2 Å². The highest BCUT2D eigenvalue weighted by molar-refractivity contribution is 5.92. The van der Waals surface area contributed by atoms with E-state index in [9.17, 15) is 9.59 Å². The molecule has 0 unspecified atom stereocenters. The van der Waals surface area contributed by atoms with Crippen LogP contribution in [0.1, 0.15) is 80.4 Å². The van der Waals surface area contributed by atoms with E-state index in [4.69, 9.17) is 9.47 Å². The highest BCUT2D eigenvalue weighted by Gasteiger charge is 2.26. The van der Waals surface area contributed by atoms with Crippen LogP contribution in [-0.2, 0) is 11.2 Å². The molecule has 0 atom stereocenters. The number of aromatic amines is 1. The fourth-order valence-corrected chi connectivity index (χ4v) is 3.38. The van der Waals surface area contributed by atoms with Crippen LogP contribution in [0, 0.1) is 6.92 Å². The molecule has 0 amide bonds. The van der Waals surface area contributed by atoms with Crippen molar-refractivity contribution in [2.24, 2.45) is 0 Å². The van der Waals surface area contributed by atoms with Gasteiger partial charge in [0.15, 0.2) is 5.56 Å². The van der Waals surface area contributed by atoms with Gasteiger partial charge in [-0.3, -0.25) is 4.79 Å². The average Bonchev–Trinajstić information content (AvgIpc) is 2.49. The zero-order valence-corrected chi connectivity index (χ0v) is 15.1. The van der Waals surface area contributed by atoms with Crippen LogP contribution in [0.3, 0.4) is 0 Å². The van der Waals surface area contributed by atoms with Crippen molar-refractivity contribution in [2.75, 3.05) is 6.61 Å². The van der Waals surface area contributed by atoms with Crippen molar-refractivity contribution in [3.63, 3.8) is 0 Å². The van der Waals surface area contributed by atoms with Gasteiger partial charge in [0.2, 0.25) is 0 Å². The number of rotatable bonds is 5. The summed E-state index contributed by atoms with van der Waals surface area (Å²) in [6.07, 6.45) is 8.67. The summed E-state index contributed by atoms with van der Waals surface area (Å²) in [5.74, 6) is -0.169. The fourth-order valence-electron chi connectivity index (χ4n) is 3.38. The minimum atomic E-state index is -0.603. The van der Waals surface area contributed by atoms with E-state index in [1.807, 2.05) is 13.8 Å². The van der Waals surface area contributed by atoms with Crippen LogP contribution in [-0.4, -0.2) is 23.7 Å². The van der Waals surface area contributed by atoms with Gasteiger partial charge >= 0.3 is 5.97 Å². The lowest BCUT2D eigenvalue weighted by Crippen LogP contribution is -2.27. The summed E-state index contributed by atoms with van der Waals surface area (Å²) in [6, 6.07) is 0. The highest BCUT2D eigenvalue weighted by atomic mass is 16.5. The molecular formula is C19H29NO4. The molecule has 1 fully saturated rings. The maximum atomic E-state index is 12.4. The second kappa shape index (κ2) is 8.90. The molecule has 5 heteroatoms. The monoisotopic (exact) mass is 335 g/mol. The van der Waals surface area contributed by atoms with E-state index >= 15 is 0 Å². The molecular weight excluding hydrogens is 306 g/mol. The second-order valence-electron chi connectivity index (χ2n) is 6.42. The maximum Gasteiger partial charge on any atom is 0.347 e. The van der Waals surface area contributed by atoms with Crippen LogP contribution in [0.25, 0.3) is 0 Å². The van der Waals surface area contributed by atoms with E-state index in [1.165, 1.54) is 19.3 Å². The molecule has 2 rings (SSSR count). The van der Waals surface area contributed by atoms with E-state index in [2.05, 4.69) is 4.98 Å². The van der Waals surface area contributed by atoms with Gasteiger partial charge in [-0.2, -0.15) is 0 Å². The molecule has 0 radical (unpaired) electrons. The van der Waals surface area contributed by atoms with Gasteiger partial charge in [0.05, 0.1) is 12.7 Å². The lowest BCUT2D eigenvalue weighted by atomic mass is 9.98. The van der Waals surface area contributed by atoms with Gasteiger partial charge in [-0.05, 0) is 46.0 Å². The molecule has 0 saturated heterocycles. The Morgan fingerprint density at radius 3 is 2.33 bits per heavy atom. The summed E-state index contributed by atoms with van der Waals surface area (Å²) < 4.78 is 11.3. The fraction of sp³-hybridized carbons (Fsp3) is 0.684. The van der Waals surface area contributed by atoms with E-state index in [0.717, 1.165) is 36.9 Å². The zero-order valence-electron chi connectivity index (χ0n) is 15.1. The van der Waals surface area contributed by atoms with E-state index in [0.29, 0.717) is 12.2 Å². The minimum absolute atomic E-state index is 0.0151. The van der Waals surface area contributed by atoms with Crippen LogP contribution >= 0.6 is 0 Å². The number of aromatic nitrogens is 1. The Morgan fingerprint density at radius 1 is 1.12 bits per heavy atom. The van der Waals surface area contributed by atoms with Gasteiger partial charge < -0.3 is 14.5 Å². The predicted octanol–water partition coefficient (Wildman–Crippen LogP) is 3.91. The first kappa shape index (κ1) is 18.6. The second-order valence-corrected chi connectivity index (χ2v) is 6.42. The van der Waals surface area contributed by atoms with Crippen molar-refractivity contribution in [1.29, 1.82) is 0 Å². The number of carbonyl (C=O) groups is 1. The Balaban J connectivity index is 2.40. The summed E-state index contributed by atoms with van der Waals surface area (Å²) >= 11 is 0. The predicted molar refractivity (Wildman–Crippen MR) is 93.9 cm³/mol. The third kappa shape index (κ3) is 4.40. The van der Waals surface area contributed by atoms with Crippen molar-refractivity contribution in [3.05, 3.63) is 27.2 Å². The van der Waals surface area contributed by atoms with Gasteiger partial charge in [0.25, 0.3) is 5.56 Å². The number of H-pyrrole nitrogens is 1. The Hall–Kier alpha value is -1.78. The topological polar surface area (TPSA) is 68.4 Å². The van der Waals surface area contributed by atoms with E-state index in [1.54, 1.807) is 6.92 Å². The standard InChI is InChI=1S/C19H29NO4/c1-4-15-13(3)20-18(21)16(19(22)23-5-2)17(15)24-14-11-9-7-6-8-10-12-14/h14H,4-12H2,1-3H3,(H,20,21). The van der Waals surface area contributed by atoms with Crippen molar-refractivity contribution < 1.29 is 14.3 Å². The number of hydrogen-bond donors (Lipinski definition) is 1. The van der Waals surface area contributed by atoms with E-state index in [-0.39, 0.29) is 18.3 Å². The third-order valence-corrected chi connectivity index (χ3v) is 4.65. The average molecular weight is 335 g/mol. The quantitative estimate of drug-likeness (QED) is 0.828. The largest absolute Gasteiger partial charge is 0.489 e. The van der Waals surface area contributed by atoms with Crippen molar-refractivity contribution in [2.45, 2.75) is 78.2 Å². The molecule has 1 aliphatic rings. The molecule has 0 bridgehead atoms. The molecule has 24 heavy (non-hydrogen) atoms. The molecule has 1 aromatic heterocycles. The van der Waals surface area contributed by atoms with Crippen LogP contribution in [0.15, 0.2) is 4.79 Å². The number of carbonyl (C=O) groups excluding carboxylic acids is 1. The van der Waals surface area contributed by atoms with Crippen LogP contribution < -0.4 is 10.3 Å². The molecule has 1 aliphatic carbocycles. The summed E-state index contributed by atoms with van der Waals surface area (Å²) in [6.45, 7) is 5.81. The minimum Gasteiger partial charge on any atom is -0.489 e. The number of pyridine rings is 1. The summed E-state index contributed by atoms with van der Waals surface area (Å²) in [5.41, 5.74) is 1.24. The van der Waals surface area contributed by atoms with Crippen molar-refractivity contribution in [3.8, 4) is 5.75 Å². The Bertz CT molecular complexity index is 613. The molecule has 1 aromatic rings. The van der Waals surface area contributed by atoms with Crippen LogP contribution in [0.2, 0.25) is 0 Å². The molecule has 0 aliphatic heterocycles. The molecule has 1 heterocycles. The first-order valence-electron chi connectivity index (χ1n) is 9.18. The first-order chi connectivity index (χ1) is 11.6. The Kier molecular flexibility index (Phi) is 6.88. The van der Waals surface area contributed by atoms with Crippen LogP contribution in [0.5, 0.6) is 5.75 Å². The molecule has 134 valence electrons. The van der Waals surface area contributed by atoms with Gasteiger partial charge in [-0.15, -0.1) is 0 Å². The number of hydrogen-bond acceptors (Lipinski definition) is 4. The van der Waals surface area contributed by atoms with Gasteiger partial charge in [0, 0.05) is 11.3 Å². The molecule has 5 nitrogen and oxygen atoms in total. The van der Waals surface area contributed by atoms with Gasteiger partial charge in [-0.25, -0.2) is 4.79 Å². The Labute approximate surface area is 143 Å². The summed E-state index contributed by atoms with van der Waals surface area (Å²) in [4.78, 5) is 27.4. The van der Waals surface area contributed by atoms with Crippen LogP contribution in [0.4, 0.5) is 0 Å². The Morgan fingerprint density at radius 2 is 1.75 bits per heavy atom. The zero-order chi connectivity index (χ0) is 17.5. The van der Waals surface area contributed by atoms with Crippen molar-refractivity contribution >= 4 is 5.97 Å². The number of esters is 1. The lowest BCUT2D eigenvalue weighted by Gasteiger charge is -2.24. The molecule has 0 aromatic carbocycles. The van der Waals surface area contributed by atoms with E-state index < -0.39 is 11.5 Å². The summed E-state index contributed by atoms with van der Waals surface area (Å²) in [5, 5.41) is 0. The lowest BCUT2D eigenvalue weighted by molar-refractivity contribution is 0.0514. The highest BCUT2D eigenvalue weighted by Crippen LogP contribution is 2.29. The number of nitrogens with one attached hydrogen (secondary N) is 1. The smallest absolute Gasteiger partial charge is 0.347 e. The molecule has 1 N–H and O–H groups in total. The first-order valence-corrected chi connectivity index (χ1v) is 9.18. The number of aryl methyl sites for hydroxylation is 1. The normalized spacial score (nSPS) is 16.3. The molecule has 1 saturated carbocycles. The molecule has 0 spiro atoms. The summed E-state index contributed by atoms with van der Waals surface area (Å²) in [7, 11) is 0. The SMILES string of the molecule is CCOC(=O)c1c(OC2CCCCCCC2)c(CC)c(C)[nH]c1=O. The number of ether oxygens (including phenoxy) is 2. The van der Waals surface area contributed by atoms with Gasteiger partial charge in [0.1, 0.15) is 5.75 Å². The third-order valence-electron chi connectivity index (χ3n) is 4.65.